The quantitative estimate of drug-likeness (QED) is 0.395. The Morgan fingerprint density at radius 3 is 2.00 bits per heavy atom. The molecule has 0 saturated heterocycles. The minimum absolute atomic E-state index is 0.00990. The van der Waals surface area contributed by atoms with E-state index in [1.54, 1.807) is 52.9 Å². The van der Waals surface area contributed by atoms with Gasteiger partial charge in [0.2, 0.25) is 0 Å². The van der Waals surface area contributed by atoms with Gasteiger partial charge in [0.1, 0.15) is 5.60 Å². The molecule has 0 aliphatic rings. The van der Waals surface area contributed by atoms with Gasteiger partial charge < -0.3 is 9.84 Å². The fraction of sp³-hybridized carbons (Fsp3) is 0.450. The van der Waals surface area contributed by atoms with Crippen molar-refractivity contribution < 1.29 is 24.2 Å². The average molecular weight is 409 g/mol. The number of aryl methyl sites for hydroxylation is 2. The molecular weight excluding hydrogens is 380 g/mol. The van der Waals surface area contributed by atoms with Gasteiger partial charge >= 0.3 is 12.1 Å². The Morgan fingerprint density at radius 1 is 1.04 bits per heavy atom. The highest BCUT2D eigenvalue weighted by Gasteiger charge is 2.26. The molecule has 0 atom stereocenters. The minimum Gasteiger partial charge on any atom is -0.478 e. The number of carboxylic acid groups (broad SMARTS) is 1. The molecule has 0 radical (unpaired) electrons. The first-order valence-electron chi connectivity index (χ1n) is 8.73. The topological polar surface area (TPSA) is 105 Å². The molecule has 0 unspecified atom stereocenters. The molecule has 7 nitrogen and oxygen atoms in total. The van der Waals surface area contributed by atoms with Crippen molar-refractivity contribution in [3.8, 4) is 0 Å². The van der Waals surface area contributed by atoms with Crippen LogP contribution in [-0.2, 0) is 14.3 Å². The van der Waals surface area contributed by atoms with Gasteiger partial charge in [-0.1, -0.05) is 5.57 Å². The molecule has 1 heterocycles. The maximum Gasteiger partial charge on any atom is 0.426 e. The van der Waals surface area contributed by atoms with E-state index in [-0.39, 0.29) is 11.1 Å². The number of nitrogens with one attached hydrogen (secondary N) is 2. The number of amides is 2. The van der Waals surface area contributed by atoms with Crippen LogP contribution < -0.4 is 10.9 Å². The summed E-state index contributed by atoms with van der Waals surface area (Å²) in [4.78, 5) is 38.5. The highest BCUT2D eigenvalue weighted by molar-refractivity contribution is 7.12. The first-order valence-corrected chi connectivity index (χ1v) is 9.55. The van der Waals surface area contributed by atoms with Crippen molar-refractivity contribution in [1.29, 1.82) is 0 Å². The van der Waals surface area contributed by atoms with Gasteiger partial charge in [-0.3, -0.25) is 10.2 Å². The number of hydrazine groups is 1. The molecular formula is C20H28N2O5S. The summed E-state index contributed by atoms with van der Waals surface area (Å²) in [6.07, 6.45) is -0.837. The van der Waals surface area contributed by atoms with Gasteiger partial charge in [0, 0.05) is 9.75 Å². The normalized spacial score (nSPS) is 12.0. The van der Waals surface area contributed by atoms with Crippen LogP contribution in [0.2, 0.25) is 0 Å². The molecule has 154 valence electrons. The molecule has 1 aromatic rings. The van der Waals surface area contributed by atoms with Crippen LogP contribution in [0.1, 0.15) is 56.9 Å². The highest BCUT2D eigenvalue weighted by atomic mass is 32.1. The second kappa shape index (κ2) is 9.05. The summed E-state index contributed by atoms with van der Waals surface area (Å²) in [5.74, 6) is -1.95. The molecule has 1 aromatic heterocycles. The van der Waals surface area contributed by atoms with E-state index in [0.29, 0.717) is 11.1 Å². The largest absolute Gasteiger partial charge is 0.478 e. The van der Waals surface area contributed by atoms with Crippen molar-refractivity contribution in [1.82, 2.24) is 10.9 Å². The Balaban J connectivity index is 3.27. The van der Waals surface area contributed by atoms with Crippen molar-refractivity contribution in [3.05, 3.63) is 38.1 Å². The Bertz CT molecular complexity index is 852. The smallest absolute Gasteiger partial charge is 0.426 e. The Labute approximate surface area is 169 Å². The minimum atomic E-state index is -1.22. The number of rotatable bonds is 4. The molecule has 0 aromatic carbocycles. The fourth-order valence-corrected chi connectivity index (χ4v) is 3.64. The number of carbonyl (C=O) groups excluding carboxylic acids is 2. The van der Waals surface area contributed by atoms with Gasteiger partial charge in [-0.2, -0.15) is 0 Å². The number of allylic oxidation sites excluding steroid dienone is 2. The zero-order valence-electron chi connectivity index (χ0n) is 17.6. The predicted octanol–water partition coefficient (Wildman–Crippen LogP) is 4.12. The van der Waals surface area contributed by atoms with Crippen molar-refractivity contribution >= 4 is 34.9 Å². The number of hydrogen-bond donors (Lipinski definition) is 3. The fourth-order valence-electron chi connectivity index (χ4n) is 2.66. The van der Waals surface area contributed by atoms with Crippen LogP contribution in [0.3, 0.4) is 0 Å². The maximum atomic E-state index is 12.7. The van der Waals surface area contributed by atoms with Crippen LogP contribution >= 0.6 is 11.3 Å². The van der Waals surface area contributed by atoms with Crippen molar-refractivity contribution in [2.24, 2.45) is 0 Å². The van der Waals surface area contributed by atoms with Gasteiger partial charge in [0.05, 0.1) is 11.1 Å². The van der Waals surface area contributed by atoms with Crippen LogP contribution in [0.4, 0.5) is 4.79 Å². The van der Waals surface area contributed by atoms with Gasteiger partial charge in [0.25, 0.3) is 5.91 Å². The molecule has 2 amide bonds. The van der Waals surface area contributed by atoms with Crippen LogP contribution in [0, 0.1) is 13.8 Å². The average Bonchev–Trinajstić information content (AvgIpc) is 2.85. The lowest BCUT2D eigenvalue weighted by Crippen LogP contribution is -2.45. The van der Waals surface area contributed by atoms with Crippen molar-refractivity contribution in [2.75, 3.05) is 0 Å². The van der Waals surface area contributed by atoms with E-state index >= 15 is 0 Å². The first-order chi connectivity index (χ1) is 12.7. The van der Waals surface area contributed by atoms with Gasteiger partial charge in [0.15, 0.2) is 0 Å². The third-order valence-corrected chi connectivity index (χ3v) is 4.65. The van der Waals surface area contributed by atoms with E-state index in [2.05, 4.69) is 10.9 Å². The third kappa shape index (κ3) is 6.23. The number of aliphatic carboxylic acids is 1. The number of carbonyl (C=O) groups is 3. The molecule has 3 N–H and O–H groups in total. The summed E-state index contributed by atoms with van der Waals surface area (Å²) >= 11 is 1.56. The molecule has 0 aliphatic carbocycles. The first kappa shape index (κ1) is 23.4. The second-order valence-corrected chi connectivity index (χ2v) is 9.05. The van der Waals surface area contributed by atoms with Gasteiger partial charge in [-0.05, 0) is 72.6 Å². The summed E-state index contributed by atoms with van der Waals surface area (Å²) in [7, 11) is 0. The molecule has 0 saturated carbocycles. The monoisotopic (exact) mass is 408 g/mol. The summed E-state index contributed by atoms with van der Waals surface area (Å²) < 4.78 is 5.06. The lowest BCUT2D eigenvalue weighted by molar-refractivity contribution is -0.133. The molecule has 0 bridgehead atoms. The maximum absolute atomic E-state index is 12.7. The summed E-state index contributed by atoms with van der Waals surface area (Å²) in [6, 6.07) is 1.90. The SMILES string of the molecule is CC(C)=C(C(=O)NNC(=O)OC(C)(C)C)/C(C(=O)O)=C(\C)c1cc(C)sc1C. The Kier molecular flexibility index (Phi) is 7.58. The van der Waals surface area contributed by atoms with E-state index in [9.17, 15) is 19.5 Å². The van der Waals surface area contributed by atoms with E-state index in [1.807, 2.05) is 19.9 Å². The molecule has 1 rings (SSSR count). The molecule has 8 heteroatoms. The summed E-state index contributed by atoms with van der Waals surface area (Å²) in [6.45, 7) is 13.9. The van der Waals surface area contributed by atoms with Crippen LogP contribution in [-0.4, -0.2) is 28.7 Å². The van der Waals surface area contributed by atoms with E-state index < -0.39 is 23.6 Å². The number of thiophene rings is 1. The second-order valence-electron chi connectivity index (χ2n) is 7.59. The van der Waals surface area contributed by atoms with E-state index in [0.717, 1.165) is 15.3 Å². The third-order valence-electron chi connectivity index (χ3n) is 3.69. The summed E-state index contributed by atoms with van der Waals surface area (Å²) in [5.41, 5.74) is 5.31. The van der Waals surface area contributed by atoms with Gasteiger partial charge in [-0.25, -0.2) is 15.0 Å². The lowest BCUT2D eigenvalue weighted by Gasteiger charge is -2.20. The zero-order chi connectivity index (χ0) is 21.8. The molecule has 0 spiro atoms. The predicted molar refractivity (Wildman–Crippen MR) is 110 cm³/mol. The number of hydrogen-bond acceptors (Lipinski definition) is 5. The van der Waals surface area contributed by atoms with Crippen molar-refractivity contribution in [2.45, 2.75) is 61.0 Å². The number of ether oxygens (including phenoxy) is 1. The van der Waals surface area contributed by atoms with E-state index in [1.165, 1.54) is 0 Å². The number of carboxylic acids is 1. The lowest BCUT2D eigenvalue weighted by atomic mass is 9.93. The highest BCUT2D eigenvalue weighted by Crippen LogP contribution is 2.32. The molecule has 28 heavy (non-hydrogen) atoms. The van der Waals surface area contributed by atoms with Gasteiger partial charge in [-0.15, -0.1) is 11.3 Å². The zero-order valence-corrected chi connectivity index (χ0v) is 18.4. The van der Waals surface area contributed by atoms with Crippen molar-refractivity contribution in [3.63, 3.8) is 0 Å². The molecule has 0 fully saturated rings. The summed E-state index contributed by atoms with van der Waals surface area (Å²) in [5, 5.41) is 9.82. The molecule has 0 aliphatic heterocycles. The Hall–Kier alpha value is -2.61. The van der Waals surface area contributed by atoms with Crippen LogP contribution in [0.25, 0.3) is 5.57 Å². The Morgan fingerprint density at radius 2 is 1.61 bits per heavy atom. The standard InChI is InChI=1S/C20H28N2O5S/c1-10(2)15(17(23)21-22-19(26)27-20(6,7)8)16(18(24)25)12(4)14-9-11(3)28-13(14)5/h9H,1-8H3,(H,21,23)(H,22,26)(H,24,25)/b16-12-. The van der Waals surface area contributed by atoms with Crippen LogP contribution in [0.5, 0.6) is 0 Å². The van der Waals surface area contributed by atoms with Crippen LogP contribution in [0.15, 0.2) is 22.8 Å². The van der Waals surface area contributed by atoms with E-state index in [4.69, 9.17) is 4.74 Å².